The van der Waals surface area contributed by atoms with E-state index in [9.17, 15) is 26.7 Å². The Bertz CT molecular complexity index is 517. The van der Waals surface area contributed by atoms with Crippen LogP contribution in [0.5, 0.6) is 0 Å². The highest BCUT2D eigenvalue weighted by Gasteiger charge is 2.38. The molecule has 4 nitrogen and oxygen atoms in total. The largest absolute Gasteiger partial charge is 0.466 e. The van der Waals surface area contributed by atoms with Gasteiger partial charge in [-0.05, 0) is 12.5 Å². The second kappa shape index (κ2) is 6.79. The van der Waals surface area contributed by atoms with Crippen molar-refractivity contribution in [1.82, 2.24) is 4.98 Å². The van der Waals surface area contributed by atoms with Crippen molar-refractivity contribution in [3.8, 4) is 0 Å². The molecule has 0 unspecified atom stereocenters. The molecule has 0 saturated carbocycles. The standard InChI is InChI=1S/C12H13F5N2O2/c1-2-21-9(20)3-8-6(4-18)10(11(13)14)7(5-19-8)12(15,16)17/h5,11H,2-4,18H2,1H3. The summed E-state index contributed by atoms with van der Waals surface area (Å²) in [4.78, 5) is 14.8. The highest BCUT2D eigenvalue weighted by Crippen LogP contribution is 2.38. The fourth-order valence-electron chi connectivity index (χ4n) is 1.81. The minimum Gasteiger partial charge on any atom is -0.466 e. The van der Waals surface area contributed by atoms with E-state index >= 15 is 0 Å². The molecule has 0 aromatic carbocycles. The fourth-order valence-corrected chi connectivity index (χ4v) is 1.81. The SMILES string of the molecule is CCOC(=O)Cc1ncc(C(F)(F)F)c(C(F)F)c1CN. The Kier molecular flexibility index (Phi) is 5.59. The van der Waals surface area contributed by atoms with Crippen molar-refractivity contribution in [2.75, 3.05) is 6.61 Å². The summed E-state index contributed by atoms with van der Waals surface area (Å²) in [6, 6.07) is 0. The van der Waals surface area contributed by atoms with Crippen LogP contribution in [0.2, 0.25) is 0 Å². The second-order valence-electron chi connectivity index (χ2n) is 4.00. The maximum absolute atomic E-state index is 13.0. The number of alkyl halides is 5. The molecule has 118 valence electrons. The molecule has 9 heteroatoms. The Hall–Kier alpha value is -1.77. The van der Waals surface area contributed by atoms with Gasteiger partial charge in [-0.2, -0.15) is 13.2 Å². The zero-order valence-corrected chi connectivity index (χ0v) is 11.0. The number of esters is 1. The second-order valence-corrected chi connectivity index (χ2v) is 4.00. The normalized spacial score (nSPS) is 11.8. The molecular weight excluding hydrogens is 299 g/mol. The molecule has 0 fully saturated rings. The molecule has 1 aromatic rings. The van der Waals surface area contributed by atoms with Crippen LogP contribution in [0, 0.1) is 0 Å². The molecule has 1 aromatic heterocycles. The molecule has 0 aliphatic rings. The molecule has 0 aliphatic carbocycles. The summed E-state index contributed by atoms with van der Waals surface area (Å²) in [6.45, 7) is 0.997. The van der Waals surface area contributed by atoms with E-state index in [0.29, 0.717) is 0 Å². The lowest BCUT2D eigenvalue weighted by molar-refractivity contribution is -0.142. The third-order valence-corrected chi connectivity index (χ3v) is 2.66. The van der Waals surface area contributed by atoms with Gasteiger partial charge in [-0.15, -0.1) is 0 Å². The summed E-state index contributed by atoms with van der Waals surface area (Å²) in [5, 5.41) is 0. The Morgan fingerprint density at radius 2 is 2.05 bits per heavy atom. The van der Waals surface area contributed by atoms with Crippen LogP contribution < -0.4 is 5.73 Å². The lowest BCUT2D eigenvalue weighted by atomic mass is 9.99. The smallest absolute Gasteiger partial charge is 0.418 e. The van der Waals surface area contributed by atoms with Crippen LogP contribution in [0.25, 0.3) is 0 Å². The number of rotatable bonds is 5. The molecule has 1 heterocycles. The lowest BCUT2D eigenvalue weighted by Crippen LogP contribution is -2.19. The van der Waals surface area contributed by atoms with Gasteiger partial charge in [-0.1, -0.05) is 0 Å². The van der Waals surface area contributed by atoms with E-state index in [-0.39, 0.29) is 18.5 Å². The molecule has 0 aliphatic heterocycles. The topological polar surface area (TPSA) is 65.2 Å². The highest BCUT2D eigenvalue weighted by atomic mass is 19.4. The monoisotopic (exact) mass is 312 g/mol. The van der Waals surface area contributed by atoms with Gasteiger partial charge in [0.1, 0.15) is 0 Å². The third kappa shape index (κ3) is 4.10. The van der Waals surface area contributed by atoms with Crippen LogP contribution in [0.3, 0.4) is 0 Å². The number of ether oxygens (including phenoxy) is 1. The number of nitrogens with two attached hydrogens (primary N) is 1. The number of carbonyl (C=O) groups is 1. The molecule has 0 spiro atoms. The molecule has 0 atom stereocenters. The van der Waals surface area contributed by atoms with E-state index in [2.05, 4.69) is 9.72 Å². The Balaban J connectivity index is 3.37. The van der Waals surface area contributed by atoms with Crippen LogP contribution >= 0.6 is 0 Å². The van der Waals surface area contributed by atoms with Crippen LogP contribution in [-0.2, 0) is 28.7 Å². The first-order chi connectivity index (χ1) is 9.72. The number of aromatic nitrogens is 1. The van der Waals surface area contributed by atoms with Gasteiger partial charge in [0.05, 0.1) is 24.3 Å². The van der Waals surface area contributed by atoms with E-state index < -0.39 is 48.2 Å². The quantitative estimate of drug-likeness (QED) is 0.670. The Morgan fingerprint density at radius 3 is 2.48 bits per heavy atom. The third-order valence-electron chi connectivity index (χ3n) is 2.66. The molecule has 0 amide bonds. The van der Waals surface area contributed by atoms with Crippen LogP contribution in [0.1, 0.15) is 35.7 Å². The number of carbonyl (C=O) groups excluding carboxylic acids is 1. The van der Waals surface area contributed by atoms with Crippen molar-refractivity contribution >= 4 is 5.97 Å². The first-order valence-corrected chi connectivity index (χ1v) is 5.94. The highest BCUT2D eigenvalue weighted by molar-refractivity contribution is 5.72. The Labute approximate surface area is 117 Å². The van der Waals surface area contributed by atoms with Gasteiger partial charge in [-0.25, -0.2) is 8.78 Å². The summed E-state index contributed by atoms with van der Waals surface area (Å²) < 4.78 is 68.8. The van der Waals surface area contributed by atoms with Gasteiger partial charge >= 0.3 is 12.1 Å². The Morgan fingerprint density at radius 1 is 1.43 bits per heavy atom. The van der Waals surface area contributed by atoms with Crippen molar-refractivity contribution in [3.63, 3.8) is 0 Å². The first-order valence-electron chi connectivity index (χ1n) is 5.94. The molecular formula is C12H13F5N2O2. The van der Waals surface area contributed by atoms with Gasteiger partial charge in [0.2, 0.25) is 0 Å². The van der Waals surface area contributed by atoms with E-state index in [0.717, 1.165) is 0 Å². The minimum atomic E-state index is -4.98. The van der Waals surface area contributed by atoms with Crippen LogP contribution in [0.4, 0.5) is 22.0 Å². The number of nitrogens with zero attached hydrogens (tertiary/aromatic N) is 1. The fraction of sp³-hybridized carbons (Fsp3) is 0.500. The maximum atomic E-state index is 13.0. The lowest BCUT2D eigenvalue weighted by Gasteiger charge is -2.18. The van der Waals surface area contributed by atoms with Gasteiger partial charge in [0, 0.05) is 18.3 Å². The summed E-state index contributed by atoms with van der Waals surface area (Å²) >= 11 is 0. The average Bonchev–Trinajstić information content (AvgIpc) is 2.36. The predicted octanol–water partition coefficient (Wildman–Crippen LogP) is 2.60. The van der Waals surface area contributed by atoms with Crippen molar-refractivity contribution in [2.45, 2.75) is 32.5 Å². The van der Waals surface area contributed by atoms with Crippen molar-refractivity contribution in [1.29, 1.82) is 0 Å². The number of hydrogen-bond donors (Lipinski definition) is 1. The molecule has 0 radical (unpaired) electrons. The van der Waals surface area contributed by atoms with Crippen molar-refractivity contribution < 1.29 is 31.5 Å². The van der Waals surface area contributed by atoms with Gasteiger partial charge in [-0.3, -0.25) is 9.78 Å². The summed E-state index contributed by atoms with van der Waals surface area (Å²) in [6.07, 6.45) is -8.59. The maximum Gasteiger partial charge on any atom is 0.418 e. The first kappa shape index (κ1) is 17.3. The number of hydrogen-bond acceptors (Lipinski definition) is 4. The summed E-state index contributed by atoms with van der Waals surface area (Å²) in [5.41, 5.74) is 1.76. The van der Waals surface area contributed by atoms with Gasteiger partial charge < -0.3 is 10.5 Å². The number of halogens is 5. The zero-order valence-electron chi connectivity index (χ0n) is 11.0. The molecule has 2 N–H and O–H groups in total. The van der Waals surface area contributed by atoms with E-state index in [4.69, 9.17) is 5.73 Å². The summed E-state index contributed by atoms with van der Waals surface area (Å²) in [7, 11) is 0. The number of pyridine rings is 1. The van der Waals surface area contributed by atoms with E-state index in [1.165, 1.54) is 6.92 Å². The molecule has 0 bridgehead atoms. The predicted molar refractivity (Wildman–Crippen MR) is 62.4 cm³/mol. The zero-order chi connectivity index (χ0) is 16.2. The van der Waals surface area contributed by atoms with Gasteiger partial charge in [0.25, 0.3) is 6.43 Å². The van der Waals surface area contributed by atoms with E-state index in [1.807, 2.05) is 0 Å². The summed E-state index contributed by atoms with van der Waals surface area (Å²) in [5.74, 6) is -0.778. The molecule has 21 heavy (non-hydrogen) atoms. The molecule has 0 saturated heterocycles. The minimum absolute atomic E-state index is 0.0547. The van der Waals surface area contributed by atoms with Crippen LogP contribution in [0.15, 0.2) is 6.20 Å². The van der Waals surface area contributed by atoms with Crippen molar-refractivity contribution in [3.05, 3.63) is 28.6 Å². The molecule has 1 rings (SSSR count). The average molecular weight is 312 g/mol. The van der Waals surface area contributed by atoms with Gasteiger partial charge in [0.15, 0.2) is 0 Å². The van der Waals surface area contributed by atoms with E-state index in [1.54, 1.807) is 0 Å². The van der Waals surface area contributed by atoms with Crippen LogP contribution in [-0.4, -0.2) is 17.6 Å². The van der Waals surface area contributed by atoms with Crippen molar-refractivity contribution in [2.24, 2.45) is 5.73 Å².